The van der Waals surface area contributed by atoms with E-state index < -0.39 is 5.97 Å². The molecular weight excluding hydrogens is 272 g/mol. The minimum absolute atomic E-state index is 0.0635. The highest BCUT2D eigenvalue weighted by atomic mass is 16.5. The summed E-state index contributed by atoms with van der Waals surface area (Å²) in [6.45, 7) is 1.92. The molecule has 2 rings (SSSR count). The maximum absolute atomic E-state index is 12.5. The van der Waals surface area contributed by atoms with Crippen LogP contribution in [0.25, 0.3) is 5.69 Å². The molecule has 0 bridgehead atoms. The molecule has 0 aliphatic carbocycles. The van der Waals surface area contributed by atoms with Crippen molar-refractivity contribution in [2.75, 3.05) is 7.11 Å². The molecule has 2 aromatic rings. The number of nitrogens with zero attached hydrogens (tertiary/aromatic N) is 1. The summed E-state index contributed by atoms with van der Waals surface area (Å²) >= 11 is 0. The second-order valence-corrected chi connectivity index (χ2v) is 4.63. The first-order chi connectivity index (χ1) is 10.1. The number of carboxylic acid groups (broad SMARTS) is 1. The van der Waals surface area contributed by atoms with Crippen LogP contribution in [0, 0.1) is 0 Å². The molecule has 0 aliphatic rings. The number of carboxylic acids is 1. The van der Waals surface area contributed by atoms with Crippen LogP contribution in [-0.4, -0.2) is 28.0 Å². The number of hydrogen-bond acceptors (Lipinski definition) is 3. The van der Waals surface area contributed by atoms with Crippen LogP contribution in [0.3, 0.4) is 0 Å². The fourth-order valence-corrected chi connectivity index (χ4v) is 2.28. The number of nitrogens with one attached hydrogen (secondary N) is 1. The third-order valence-corrected chi connectivity index (χ3v) is 3.34. The molecule has 1 aromatic heterocycles. The van der Waals surface area contributed by atoms with Crippen molar-refractivity contribution < 1.29 is 14.6 Å². The molecule has 6 nitrogen and oxygen atoms in total. The second kappa shape index (κ2) is 6.30. The summed E-state index contributed by atoms with van der Waals surface area (Å²) in [5.41, 5.74) is 1.66. The van der Waals surface area contributed by atoms with Gasteiger partial charge in [0.25, 0.3) is 5.56 Å². The van der Waals surface area contributed by atoms with Gasteiger partial charge in [0.05, 0.1) is 7.11 Å². The topological polar surface area (TPSA) is 84.3 Å². The number of H-pyrrole nitrogens is 1. The molecule has 0 saturated heterocycles. The Labute approximate surface area is 122 Å². The van der Waals surface area contributed by atoms with Crippen molar-refractivity contribution in [2.24, 2.45) is 0 Å². The molecule has 21 heavy (non-hydrogen) atoms. The van der Waals surface area contributed by atoms with Crippen LogP contribution in [0.2, 0.25) is 0 Å². The van der Waals surface area contributed by atoms with Gasteiger partial charge in [0, 0.05) is 17.7 Å². The molecule has 6 heteroatoms. The molecule has 0 fully saturated rings. The number of aromatic amines is 1. The third kappa shape index (κ3) is 2.99. The zero-order valence-electron chi connectivity index (χ0n) is 12.0. The number of benzene rings is 1. The van der Waals surface area contributed by atoms with Gasteiger partial charge in [-0.15, -0.1) is 0 Å². The Balaban J connectivity index is 2.51. The predicted molar refractivity (Wildman–Crippen MR) is 78.3 cm³/mol. The van der Waals surface area contributed by atoms with Crippen LogP contribution in [0.15, 0.2) is 29.1 Å². The molecule has 0 saturated carbocycles. The summed E-state index contributed by atoms with van der Waals surface area (Å²) in [6.07, 6.45) is 0.786. The molecule has 0 spiro atoms. The Morgan fingerprint density at radius 1 is 1.38 bits per heavy atom. The maximum Gasteiger partial charge on any atom is 0.303 e. The van der Waals surface area contributed by atoms with Crippen LogP contribution in [0.1, 0.15) is 24.6 Å². The number of hydrogen-bond donors (Lipinski definition) is 2. The van der Waals surface area contributed by atoms with E-state index in [1.807, 2.05) is 19.1 Å². The second-order valence-electron chi connectivity index (χ2n) is 4.63. The number of aryl methyl sites for hydroxylation is 1. The number of rotatable bonds is 6. The molecular formula is C15H18N2O4. The summed E-state index contributed by atoms with van der Waals surface area (Å²) in [5, 5.41) is 11.8. The minimum Gasteiger partial charge on any atom is -0.494 e. The smallest absolute Gasteiger partial charge is 0.303 e. The van der Waals surface area contributed by atoms with E-state index in [-0.39, 0.29) is 18.4 Å². The molecule has 2 N–H and O–H groups in total. The lowest BCUT2D eigenvalue weighted by atomic mass is 10.1. The standard InChI is InChI=1S/C15H18N2O4/c1-3-11-10(8-9-14(18)19)15(20)17(16-11)12-6-4-5-7-13(12)21-2/h4-7,16H,3,8-9H2,1-2H3,(H,18,19). The third-order valence-electron chi connectivity index (χ3n) is 3.34. The van der Waals surface area contributed by atoms with E-state index in [4.69, 9.17) is 9.84 Å². The number of ether oxygens (including phenoxy) is 1. The number of para-hydroxylation sites is 2. The number of aliphatic carboxylic acids is 1. The van der Waals surface area contributed by atoms with Gasteiger partial charge in [-0.25, -0.2) is 4.68 Å². The Kier molecular flexibility index (Phi) is 4.47. The molecule has 0 atom stereocenters. The van der Waals surface area contributed by atoms with Crippen LogP contribution in [0.4, 0.5) is 0 Å². The van der Waals surface area contributed by atoms with Gasteiger partial charge in [-0.2, -0.15) is 0 Å². The normalized spacial score (nSPS) is 10.6. The van der Waals surface area contributed by atoms with E-state index in [1.54, 1.807) is 19.2 Å². The molecule has 112 valence electrons. The highest BCUT2D eigenvalue weighted by molar-refractivity contribution is 5.67. The Morgan fingerprint density at radius 3 is 2.71 bits per heavy atom. The van der Waals surface area contributed by atoms with Gasteiger partial charge in [0.1, 0.15) is 11.4 Å². The summed E-state index contributed by atoms with van der Waals surface area (Å²) in [6, 6.07) is 7.18. The Bertz CT molecular complexity index is 700. The van der Waals surface area contributed by atoms with Gasteiger partial charge >= 0.3 is 5.97 Å². The summed E-state index contributed by atoms with van der Waals surface area (Å²) in [5.74, 6) is -0.338. The monoisotopic (exact) mass is 290 g/mol. The van der Waals surface area contributed by atoms with Crippen molar-refractivity contribution in [3.05, 3.63) is 45.9 Å². The quantitative estimate of drug-likeness (QED) is 0.849. The number of carbonyl (C=O) groups is 1. The minimum atomic E-state index is -0.915. The van der Waals surface area contributed by atoms with Crippen molar-refractivity contribution >= 4 is 5.97 Å². The largest absolute Gasteiger partial charge is 0.494 e. The van der Waals surface area contributed by atoms with Crippen LogP contribution >= 0.6 is 0 Å². The van der Waals surface area contributed by atoms with Crippen molar-refractivity contribution in [1.82, 2.24) is 9.78 Å². The van der Waals surface area contributed by atoms with E-state index >= 15 is 0 Å². The van der Waals surface area contributed by atoms with Gasteiger partial charge in [0.15, 0.2) is 0 Å². The van der Waals surface area contributed by atoms with Gasteiger partial charge in [-0.05, 0) is 25.0 Å². The zero-order valence-corrected chi connectivity index (χ0v) is 12.0. The lowest BCUT2D eigenvalue weighted by Gasteiger charge is -2.07. The molecule has 1 heterocycles. The summed E-state index contributed by atoms with van der Waals surface area (Å²) in [7, 11) is 1.54. The van der Waals surface area contributed by atoms with E-state index in [2.05, 4.69) is 5.10 Å². The highest BCUT2D eigenvalue weighted by Gasteiger charge is 2.16. The lowest BCUT2D eigenvalue weighted by molar-refractivity contribution is -0.136. The molecule has 0 aliphatic heterocycles. The van der Waals surface area contributed by atoms with Crippen molar-refractivity contribution in [2.45, 2.75) is 26.2 Å². The number of aromatic nitrogens is 2. The summed E-state index contributed by atoms with van der Waals surface area (Å²) < 4.78 is 6.67. The summed E-state index contributed by atoms with van der Waals surface area (Å²) in [4.78, 5) is 23.2. The maximum atomic E-state index is 12.5. The first-order valence-electron chi connectivity index (χ1n) is 6.76. The fourth-order valence-electron chi connectivity index (χ4n) is 2.28. The SMILES string of the molecule is CCc1[nH]n(-c2ccccc2OC)c(=O)c1CCC(=O)O. The Hall–Kier alpha value is -2.50. The van der Waals surface area contributed by atoms with Gasteiger partial charge in [-0.3, -0.25) is 14.7 Å². The fraction of sp³-hybridized carbons (Fsp3) is 0.333. The predicted octanol–water partition coefficient (Wildman–Crippen LogP) is 1.75. The Morgan fingerprint density at radius 2 is 2.10 bits per heavy atom. The average Bonchev–Trinajstić information content (AvgIpc) is 2.81. The number of methoxy groups -OCH3 is 1. The zero-order chi connectivity index (χ0) is 15.4. The average molecular weight is 290 g/mol. The van der Waals surface area contributed by atoms with E-state index in [1.165, 1.54) is 4.68 Å². The first kappa shape index (κ1) is 14.9. The van der Waals surface area contributed by atoms with E-state index in [9.17, 15) is 9.59 Å². The van der Waals surface area contributed by atoms with Gasteiger partial charge in [0.2, 0.25) is 0 Å². The van der Waals surface area contributed by atoms with Crippen molar-refractivity contribution in [1.29, 1.82) is 0 Å². The molecule has 0 amide bonds. The van der Waals surface area contributed by atoms with Crippen molar-refractivity contribution in [3.63, 3.8) is 0 Å². The lowest BCUT2D eigenvalue weighted by Crippen LogP contribution is -2.18. The van der Waals surface area contributed by atoms with Gasteiger partial charge in [-0.1, -0.05) is 19.1 Å². The van der Waals surface area contributed by atoms with E-state index in [0.29, 0.717) is 23.4 Å². The molecule has 0 radical (unpaired) electrons. The first-order valence-corrected chi connectivity index (χ1v) is 6.76. The van der Waals surface area contributed by atoms with Crippen LogP contribution in [-0.2, 0) is 17.6 Å². The van der Waals surface area contributed by atoms with E-state index in [0.717, 1.165) is 5.69 Å². The van der Waals surface area contributed by atoms with Gasteiger partial charge < -0.3 is 9.84 Å². The van der Waals surface area contributed by atoms with Crippen LogP contribution in [0.5, 0.6) is 5.75 Å². The van der Waals surface area contributed by atoms with Crippen molar-refractivity contribution in [3.8, 4) is 11.4 Å². The highest BCUT2D eigenvalue weighted by Crippen LogP contribution is 2.21. The molecule has 0 unspecified atom stereocenters. The molecule has 1 aromatic carbocycles. The van der Waals surface area contributed by atoms with Crippen LogP contribution < -0.4 is 10.3 Å².